The van der Waals surface area contributed by atoms with E-state index >= 15 is 0 Å². The second kappa shape index (κ2) is 6.20. The van der Waals surface area contributed by atoms with Gasteiger partial charge >= 0.3 is 5.97 Å². The predicted molar refractivity (Wildman–Crippen MR) is 66.8 cm³/mol. The van der Waals surface area contributed by atoms with Gasteiger partial charge in [0.2, 0.25) is 5.91 Å². The number of carboxylic acids is 1. The fourth-order valence-electron chi connectivity index (χ4n) is 1.32. The number of aliphatic carboxylic acids is 1. The Kier molecular flexibility index (Phi) is 4.90. The highest BCUT2D eigenvalue weighted by molar-refractivity contribution is 7.09. The first kappa shape index (κ1) is 13.4. The van der Waals surface area contributed by atoms with Crippen LogP contribution in [0.4, 0.5) is 0 Å². The van der Waals surface area contributed by atoms with Crippen LogP contribution < -0.4 is 0 Å². The highest BCUT2D eigenvalue weighted by Gasteiger charge is 2.15. The molecule has 0 aliphatic rings. The maximum absolute atomic E-state index is 11.8. The lowest BCUT2D eigenvalue weighted by Crippen LogP contribution is -2.35. The Balaban J connectivity index is 2.72. The zero-order valence-corrected chi connectivity index (χ0v) is 10.6. The monoisotopic (exact) mass is 253 g/mol. The van der Waals surface area contributed by atoms with Crippen molar-refractivity contribution in [1.82, 2.24) is 4.90 Å². The average Bonchev–Trinajstić information content (AvgIpc) is 2.74. The third-order valence-electron chi connectivity index (χ3n) is 2.18. The molecule has 0 saturated carbocycles. The van der Waals surface area contributed by atoms with Crippen LogP contribution in [0.2, 0.25) is 0 Å². The normalized spacial score (nSPS) is 11.0. The number of thiophene rings is 1. The lowest BCUT2D eigenvalue weighted by atomic mass is 10.3. The van der Waals surface area contributed by atoms with Crippen LogP contribution in [-0.4, -0.2) is 27.9 Å². The number of hydrogen-bond acceptors (Lipinski definition) is 3. The van der Waals surface area contributed by atoms with E-state index in [9.17, 15) is 9.59 Å². The van der Waals surface area contributed by atoms with Crippen molar-refractivity contribution in [2.75, 3.05) is 0 Å². The molecule has 0 radical (unpaired) electrons. The molecule has 5 heteroatoms. The number of amides is 1. The molecule has 0 aromatic carbocycles. The van der Waals surface area contributed by atoms with Crippen molar-refractivity contribution < 1.29 is 14.7 Å². The Bertz CT molecular complexity index is 409. The average molecular weight is 253 g/mol. The first-order valence-electron chi connectivity index (χ1n) is 5.24. The fraction of sp³-hybridized carbons (Fsp3) is 0.333. The van der Waals surface area contributed by atoms with E-state index in [1.807, 2.05) is 31.4 Å². The SMILES string of the molecule is CC(C)N(Cc1cccs1)C(=O)/C=C/C(=O)O. The first-order chi connectivity index (χ1) is 8.00. The number of nitrogens with zero attached hydrogens (tertiary/aromatic N) is 1. The molecule has 1 N–H and O–H groups in total. The summed E-state index contributed by atoms with van der Waals surface area (Å²) in [6.45, 7) is 4.32. The first-order valence-corrected chi connectivity index (χ1v) is 6.12. The Morgan fingerprint density at radius 3 is 2.65 bits per heavy atom. The molecule has 0 saturated heterocycles. The molecule has 1 aromatic heterocycles. The highest BCUT2D eigenvalue weighted by atomic mass is 32.1. The van der Waals surface area contributed by atoms with Gasteiger partial charge < -0.3 is 10.0 Å². The highest BCUT2D eigenvalue weighted by Crippen LogP contribution is 2.14. The Morgan fingerprint density at radius 2 is 2.18 bits per heavy atom. The second-order valence-electron chi connectivity index (χ2n) is 3.81. The lowest BCUT2D eigenvalue weighted by molar-refractivity contribution is -0.132. The molecule has 1 heterocycles. The molecule has 1 aromatic rings. The maximum atomic E-state index is 11.8. The van der Waals surface area contributed by atoms with Crippen molar-refractivity contribution in [1.29, 1.82) is 0 Å². The molecule has 0 aliphatic heterocycles. The molecular weight excluding hydrogens is 238 g/mol. The van der Waals surface area contributed by atoms with E-state index in [1.54, 1.807) is 16.2 Å². The molecule has 17 heavy (non-hydrogen) atoms. The Labute approximate surface area is 104 Å². The minimum Gasteiger partial charge on any atom is -0.478 e. The zero-order chi connectivity index (χ0) is 12.8. The van der Waals surface area contributed by atoms with E-state index in [0.717, 1.165) is 17.0 Å². The summed E-state index contributed by atoms with van der Waals surface area (Å²) in [5, 5.41) is 10.4. The molecule has 1 rings (SSSR count). The van der Waals surface area contributed by atoms with Crippen LogP contribution in [0.3, 0.4) is 0 Å². The molecule has 0 bridgehead atoms. The van der Waals surface area contributed by atoms with Crippen molar-refractivity contribution in [3.63, 3.8) is 0 Å². The second-order valence-corrected chi connectivity index (χ2v) is 4.84. The van der Waals surface area contributed by atoms with Crippen LogP contribution in [0.5, 0.6) is 0 Å². The van der Waals surface area contributed by atoms with Gasteiger partial charge in [-0.2, -0.15) is 0 Å². The number of carboxylic acid groups (broad SMARTS) is 1. The fourth-order valence-corrected chi connectivity index (χ4v) is 2.03. The van der Waals surface area contributed by atoms with E-state index in [4.69, 9.17) is 5.11 Å². The van der Waals surface area contributed by atoms with Crippen LogP contribution in [0.25, 0.3) is 0 Å². The van der Waals surface area contributed by atoms with Crippen LogP contribution in [-0.2, 0) is 16.1 Å². The van der Waals surface area contributed by atoms with Crippen molar-refractivity contribution in [2.45, 2.75) is 26.4 Å². The number of carbonyl (C=O) groups is 2. The number of hydrogen-bond donors (Lipinski definition) is 1. The summed E-state index contributed by atoms with van der Waals surface area (Å²) < 4.78 is 0. The van der Waals surface area contributed by atoms with Crippen molar-refractivity contribution >= 4 is 23.2 Å². The predicted octanol–water partition coefficient (Wildman–Crippen LogP) is 2.13. The van der Waals surface area contributed by atoms with Crippen LogP contribution in [0, 0.1) is 0 Å². The van der Waals surface area contributed by atoms with Gasteiger partial charge in [-0.15, -0.1) is 11.3 Å². The largest absolute Gasteiger partial charge is 0.478 e. The Hall–Kier alpha value is -1.62. The number of carbonyl (C=O) groups excluding carboxylic acids is 1. The van der Waals surface area contributed by atoms with Gasteiger partial charge in [0.15, 0.2) is 0 Å². The summed E-state index contributed by atoms with van der Waals surface area (Å²) in [7, 11) is 0. The lowest BCUT2D eigenvalue weighted by Gasteiger charge is -2.24. The third-order valence-corrected chi connectivity index (χ3v) is 3.04. The minimum absolute atomic E-state index is 0.0306. The maximum Gasteiger partial charge on any atom is 0.328 e. The van der Waals surface area contributed by atoms with Crippen LogP contribution in [0.1, 0.15) is 18.7 Å². The van der Waals surface area contributed by atoms with Gasteiger partial charge in [0.1, 0.15) is 0 Å². The van der Waals surface area contributed by atoms with E-state index in [0.29, 0.717) is 6.54 Å². The van der Waals surface area contributed by atoms with Gasteiger partial charge in [-0.3, -0.25) is 4.79 Å². The van der Waals surface area contributed by atoms with Crippen LogP contribution in [0.15, 0.2) is 29.7 Å². The summed E-state index contributed by atoms with van der Waals surface area (Å²) >= 11 is 1.58. The smallest absolute Gasteiger partial charge is 0.328 e. The van der Waals surface area contributed by atoms with Crippen LogP contribution >= 0.6 is 11.3 Å². The zero-order valence-electron chi connectivity index (χ0n) is 9.79. The topological polar surface area (TPSA) is 57.6 Å². The standard InChI is InChI=1S/C12H15NO3S/c1-9(2)13(8-10-4-3-7-17-10)11(14)5-6-12(15)16/h3-7,9H,8H2,1-2H3,(H,15,16)/b6-5+. The van der Waals surface area contributed by atoms with Gasteiger partial charge in [0, 0.05) is 23.1 Å². The summed E-state index contributed by atoms with van der Waals surface area (Å²) in [5.74, 6) is -1.39. The minimum atomic E-state index is -1.11. The molecular formula is C12H15NO3S. The van der Waals surface area contributed by atoms with Gasteiger partial charge in [-0.25, -0.2) is 4.79 Å². The molecule has 0 unspecified atom stereocenters. The third kappa shape index (κ3) is 4.40. The van der Waals surface area contributed by atoms with Crippen molar-refractivity contribution in [3.05, 3.63) is 34.5 Å². The van der Waals surface area contributed by atoms with Gasteiger partial charge in [-0.1, -0.05) is 6.07 Å². The van der Waals surface area contributed by atoms with E-state index in [1.165, 1.54) is 0 Å². The molecule has 1 amide bonds. The summed E-state index contributed by atoms with van der Waals surface area (Å²) in [6, 6.07) is 3.91. The van der Waals surface area contributed by atoms with E-state index < -0.39 is 5.97 Å². The van der Waals surface area contributed by atoms with Crippen molar-refractivity contribution in [2.24, 2.45) is 0 Å². The van der Waals surface area contributed by atoms with E-state index in [-0.39, 0.29) is 11.9 Å². The van der Waals surface area contributed by atoms with E-state index in [2.05, 4.69) is 0 Å². The summed E-state index contributed by atoms with van der Waals surface area (Å²) in [6.07, 6.45) is 1.96. The molecule has 92 valence electrons. The quantitative estimate of drug-likeness (QED) is 0.818. The van der Waals surface area contributed by atoms with Crippen molar-refractivity contribution in [3.8, 4) is 0 Å². The van der Waals surface area contributed by atoms with Gasteiger partial charge in [0.25, 0.3) is 0 Å². The molecule has 4 nitrogen and oxygen atoms in total. The summed E-state index contributed by atoms with van der Waals surface area (Å²) in [4.78, 5) is 24.9. The number of rotatable bonds is 5. The molecule has 0 fully saturated rings. The molecule has 0 atom stereocenters. The Morgan fingerprint density at radius 1 is 1.47 bits per heavy atom. The molecule has 0 spiro atoms. The van der Waals surface area contributed by atoms with Gasteiger partial charge in [0.05, 0.1) is 6.54 Å². The molecule has 0 aliphatic carbocycles. The summed E-state index contributed by atoms with van der Waals surface area (Å²) in [5.41, 5.74) is 0. The van der Waals surface area contributed by atoms with Gasteiger partial charge in [-0.05, 0) is 25.3 Å².